The van der Waals surface area contributed by atoms with E-state index in [9.17, 15) is 0 Å². The highest BCUT2D eigenvalue weighted by Gasteiger charge is 2.18. The lowest BCUT2D eigenvalue weighted by Gasteiger charge is -2.19. The molecule has 1 fully saturated rings. The number of thiazole rings is 1. The van der Waals surface area contributed by atoms with Gasteiger partial charge in [-0.2, -0.15) is 0 Å². The Morgan fingerprint density at radius 2 is 2.56 bits per heavy atom. The quantitative estimate of drug-likeness (QED) is 0.787. The molecule has 1 saturated heterocycles. The molecule has 2 unspecified atom stereocenters. The summed E-state index contributed by atoms with van der Waals surface area (Å²) in [5.74, 6) is 0. The van der Waals surface area contributed by atoms with E-state index in [2.05, 4.69) is 17.2 Å². The van der Waals surface area contributed by atoms with Crippen LogP contribution in [-0.4, -0.2) is 30.3 Å². The highest BCUT2D eigenvalue weighted by Crippen LogP contribution is 2.19. The van der Waals surface area contributed by atoms with Crippen molar-refractivity contribution in [2.45, 2.75) is 57.6 Å². The van der Waals surface area contributed by atoms with Gasteiger partial charge in [-0.3, -0.25) is 4.98 Å². The zero-order valence-electron chi connectivity index (χ0n) is 11.2. The summed E-state index contributed by atoms with van der Waals surface area (Å²) in [6.45, 7) is 4.29. The van der Waals surface area contributed by atoms with E-state index in [0.717, 1.165) is 19.6 Å². The molecule has 0 saturated carbocycles. The molecule has 2 heterocycles. The topological polar surface area (TPSA) is 34.1 Å². The van der Waals surface area contributed by atoms with E-state index < -0.39 is 0 Å². The molecule has 1 aliphatic rings. The Balaban J connectivity index is 1.76. The smallest absolute Gasteiger partial charge is 0.0794 e. The zero-order chi connectivity index (χ0) is 12.6. The number of hydrogen-bond acceptors (Lipinski definition) is 4. The number of ether oxygens (including phenoxy) is 1. The van der Waals surface area contributed by atoms with Crippen LogP contribution in [0.1, 0.15) is 43.9 Å². The molecule has 0 bridgehead atoms. The molecule has 2 rings (SSSR count). The van der Waals surface area contributed by atoms with Crippen molar-refractivity contribution in [1.29, 1.82) is 0 Å². The zero-order valence-corrected chi connectivity index (χ0v) is 12.0. The molecule has 1 aliphatic heterocycles. The summed E-state index contributed by atoms with van der Waals surface area (Å²) in [6, 6.07) is 0.578. The Labute approximate surface area is 114 Å². The largest absolute Gasteiger partial charge is 0.378 e. The maximum absolute atomic E-state index is 5.71. The van der Waals surface area contributed by atoms with Crippen LogP contribution in [0.5, 0.6) is 0 Å². The second kappa shape index (κ2) is 7.87. The lowest BCUT2D eigenvalue weighted by molar-refractivity contribution is 0.0996. The number of nitrogens with zero attached hydrogens (tertiary/aromatic N) is 1. The number of nitrogens with one attached hydrogen (secondary N) is 1. The van der Waals surface area contributed by atoms with Gasteiger partial charge in [0.15, 0.2) is 0 Å². The van der Waals surface area contributed by atoms with Gasteiger partial charge in [0.05, 0.1) is 11.6 Å². The molecule has 1 N–H and O–H groups in total. The number of hydrogen-bond donors (Lipinski definition) is 1. The van der Waals surface area contributed by atoms with Crippen molar-refractivity contribution < 1.29 is 4.74 Å². The van der Waals surface area contributed by atoms with Crippen molar-refractivity contribution in [1.82, 2.24) is 10.3 Å². The van der Waals surface area contributed by atoms with E-state index in [0.29, 0.717) is 12.1 Å². The molecule has 0 aromatic carbocycles. The van der Waals surface area contributed by atoms with E-state index in [1.807, 2.05) is 11.7 Å². The highest BCUT2D eigenvalue weighted by atomic mass is 32.1. The summed E-state index contributed by atoms with van der Waals surface area (Å²) >= 11 is 1.76. The Kier molecular flexibility index (Phi) is 6.11. The van der Waals surface area contributed by atoms with E-state index in [1.165, 1.54) is 37.0 Å². The Hall–Kier alpha value is -0.450. The van der Waals surface area contributed by atoms with Crippen molar-refractivity contribution in [3.05, 3.63) is 16.6 Å². The second-order valence-corrected chi connectivity index (χ2v) is 6.01. The molecule has 0 radical (unpaired) electrons. The minimum Gasteiger partial charge on any atom is -0.378 e. The molecule has 2 atom stereocenters. The predicted octanol–water partition coefficient (Wildman–Crippen LogP) is 3.01. The maximum Gasteiger partial charge on any atom is 0.0794 e. The summed E-state index contributed by atoms with van der Waals surface area (Å²) < 4.78 is 5.71. The molecule has 0 spiro atoms. The molecule has 4 heteroatoms. The van der Waals surface area contributed by atoms with Gasteiger partial charge in [0.25, 0.3) is 0 Å². The molecule has 1 aromatic heterocycles. The average Bonchev–Trinajstić information content (AvgIpc) is 3.05. The van der Waals surface area contributed by atoms with Crippen LogP contribution in [0.15, 0.2) is 11.7 Å². The van der Waals surface area contributed by atoms with Crippen LogP contribution in [0.25, 0.3) is 0 Å². The summed E-state index contributed by atoms with van der Waals surface area (Å²) in [6.07, 6.45) is 9.71. The standard InChI is InChI=1S/C14H24N2OS/c1-2-7-16-12(9-14-10-15-11-18-14)5-6-13-4-3-8-17-13/h10-13,16H,2-9H2,1H3. The lowest BCUT2D eigenvalue weighted by atomic mass is 10.0. The predicted molar refractivity (Wildman–Crippen MR) is 76.1 cm³/mol. The SMILES string of the molecule is CCCNC(CCC1CCCO1)Cc1cncs1. The van der Waals surface area contributed by atoms with Gasteiger partial charge in [-0.15, -0.1) is 11.3 Å². The van der Waals surface area contributed by atoms with Crippen molar-refractivity contribution in [3.8, 4) is 0 Å². The third-order valence-corrected chi connectivity index (χ3v) is 4.28. The van der Waals surface area contributed by atoms with Crippen LogP contribution in [0.4, 0.5) is 0 Å². The van der Waals surface area contributed by atoms with Crippen LogP contribution in [0, 0.1) is 0 Å². The van der Waals surface area contributed by atoms with Crippen LogP contribution in [0.2, 0.25) is 0 Å². The molecule has 1 aromatic rings. The Morgan fingerprint density at radius 3 is 3.22 bits per heavy atom. The van der Waals surface area contributed by atoms with Crippen molar-refractivity contribution >= 4 is 11.3 Å². The number of rotatable bonds is 8. The fourth-order valence-electron chi connectivity index (χ4n) is 2.47. The molecule has 0 amide bonds. The van der Waals surface area contributed by atoms with E-state index in [4.69, 9.17) is 4.74 Å². The second-order valence-electron chi connectivity index (χ2n) is 5.04. The third-order valence-electron chi connectivity index (χ3n) is 3.48. The Bertz CT molecular complexity index is 310. The first-order valence-corrected chi connectivity index (χ1v) is 7.98. The fraction of sp³-hybridized carbons (Fsp3) is 0.786. The van der Waals surface area contributed by atoms with Gasteiger partial charge in [0, 0.05) is 23.7 Å². The van der Waals surface area contributed by atoms with E-state index in [1.54, 1.807) is 11.3 Å². The molecular formula is C14H24N2OS. The first-order valence-electron chi connectivity index (χ1n) is 7.11. The first kappa shape index (κ1) is 14.0. The summed E-state index contributed by atoms with van der Waals surface area (Å²) in [4.78, 5) is 5.54. The van der Waals surface area contributed by atoms with Crippen molar-refractivity contribution in [2.75, 3.05) is 13.2 Å². The first-order chi connectivity index (χ1) is 8.88. The van der Waals surface area contributed by atoms with Gasteiger partial charge < -0.3 is 10.1 Å². The van der Waals surface area contributed by atoms with Crippen LogP contribution in [-0.2, 0) is 11.2 Å². The summed E-state index contributed by atoms with van der Waals surface area (Å²) in [7, 11) is 0. The Morgan fingerprint density at radius 1 is 1.61 bits per heavy atom. The number of aromatic nitrogens is 1. The van der Waals surface area contributed by atoms with Gasteiger partial charge in [-0.25, -0.2) is 0 Å². The normalized spacial score (nSPS) is 21.3. The fourth-order valence-corrected chi connectivity index (χ4v) is 3.15. The molecule has 18 heavy (non-hydrogen) atoms. The van der Waals surface area contributed by atoms with E-state index in [-0.39, 0.29) is 0 Å². The average molecular weight is 268 g/mol. The summed E-state index contributed by atoms with van der Waals surface area (Å²) in [5, 5.41) is 3.65. The third kappa shape index (κ3) is 4.67. The molecular weight excluding hydrogens is 244 g/mol. The van der Waals surface area contributed by atoms with Crippen LogP contribution in [0.3, 0.4) is 0 Å². The monoisotopic (exact) mass is 268 g/mol. The van der Waals surface area contributed by atoms with E-state index >= 15 is 0 Å². The summed E-state index contributed by atoms with van der Waals surface area (Å²) in [5.41, 5.74) is 1.92. The van der Waals surface area contributed by atoms with Gasteiger partial charge in [-0.1, -0.05) is 6.92 Å². The highest BCUT2D eigenvalue weighted by molar-refractivity contribution is 7.09. The van der Waals surface area contributed by atoms with Gasteiger partial charge in [0.1, 0.15) is 0 Å². The minimum absolute atomic E-state index is 0.511. The molecule has 102 valence electrons. The van der Waals surface area contributed by atoms with Crippen LogP contribution < -0.4 is 5.32 Å². The lowest BCUT2D eigenvalue weighted by Crippen LogP contribution is -2.32. The van der Waals surface area contributed by atoms with Gasteiger partial charge in [-0.05, 0) is 45.1 Å². The molecule has 0 aliphatic carbocycles. The van der Waals surface area contributed by atoms with Gasteiger partial charge >= 0.3 is 0 Å². The van der Waals surface area contributed by atoms with Crippen LogP contribution >= 0.6 is 11.3 Å². The minimum atomic E-state index is 0.511. The van der Waals surface area contributed by atoms with Gasteiger partial charge in [0.2, 0.25) is 0 Å². The maximum atomic E-state index is 5.71. The van der Waals surface area contributed by atoms with Crippen molar-refractivity contribution in [3.63, 3.8) is 0 Å². The molecule has 3 nitrogen and oxygen atoms in total. The van der Waals surface area contributed by atoms with Crippen molar-refractivity contribution in [2.24, 2.45) is 0 Å².